The molecule has 1 N–H and O–H groups in total. The number of thioether (sulfide) groups is 1. The Bertz CT molecular complexity index is 720. The van der Waals surface area contributed by atoms with Crippen LogP contribution in [-0.4, -0.2) is 25.4 Å². The summed E-state index contributed by atoms with van der Waals surface area (Å²) in [7, 11) is 1.40. The number of halogens is 2. The topological polar surface area (TPSA) is 47.6 Å². The molecule has 8 heteroatoms. The third-order valence-corrected chi connectivity index (χ3v) is 5.70. The fourth-order valence-corrected chi connectivity index (χ4v) is 4.57. The average molecular weight is 357 g/mol. The Hall–Kier alpha value is -1.80. The molecule has 0 spiro atoms. The number of fused-ring (bicyclic) bond motifs is 1. The Balaban J connectivity index is 1.97. The van der Waals surface area contributed by atoms with Crippen molar-refractivity contribution < 1.29 is 23.0 Å². The quantitative estimate of drug-likeness (QED) is 0.894. The van der Waals surface area contributed by atoms with E-state index in [0.29, 0.717) is 5.75 Å². The molecule has 0 saturated carbocycles. The molecule has 3 rings (SSSR count). The molecule has 4 nitrogen and oxygen atoms in total. The largest absolute Gasteiger partial charge is 0.493 e. The summed E-state index contributed by atoms with van der Waals surface area (Å²) in [6, 6.07) is 6.72. The van der Waals surface area contributed by atoms with Crippen LogP contribution in [-0.2, 0) is 4.79 Å². The zero-order valence-electron chi connectivity index (χ0n) is 12.0. The van der Waals surface area contributed by atoms with Crippen LogP contribution >= 0.6 is 23.1 Å². The number of carbonyl (C=O) groups is 1. The molecule has 1 atom stereocenters. The highest BCUT2D eigenvalue weighted by atomic mass is 32.2. The zero-order valence-corrected chi connectivity index (χ0v) is 13.7. The second-order valence-corrected chi connectivity index (χ2v) is 6.77. The molecule has 1 aromatic carbocycles. The number of carbonyl (C=O) groups excluding carboxylic acids is 1. The molecule has 0 bridgehead atoms. The Kier molecular flexibility index (Phi) is 4.72. The maximum absolute atomic E-state index is 12.4. The lowest BCUT2D eigenvalue weighted by Crippen LogP contribution is -2.11. The normalized spacial score (nSPS) is 17.4. The SMILES string of the molecule is COc1cc([C@H]2SCC(=O)Nc3ccsc32)ccc1OC(F)F. The molecule has 2 heterocycles. The third kappa shape index (κ3) is 3.42. The minimum atomic E-state index is -2.91. The highest BCUT2D eigenvalue weighted by Gasteiger charge is 2.26. The molecule has 1 amide bonds. The van der Waals surface area contributed by atoms with Crippen LogP contribution in [0.1, 0.15) is 15.7 Å². The Morgan fingerprint density at radius 1 is 1.30 bits per heavy atom. The van der Waals surface area contributed by atoms with Crippen LogP contribution in [0.25, 0.3) is 0 Å². The Morgan fingerprint density at radius 2 is 2.13 bits per heavy atom. The van der Waals surface area contributed by atoms with E-state index in [0.717, 1.165) is 16.1 Å². The first-order valence-electron chi connectivity index (χ1n) is 6.70. The minimum absolute atomic E-state index is 0.00882. The standard InChI is InChI=1S/C15H13F2NO3S2/c1-20-11-6-8(2-3-10(11)21-15(16)17)13-14-9(4-5-22-14)18-12(19)7-23-13/h2-6,13,15H,7H2,1H3,(H,18,19)/t13-/m1/s1. The summed E-state index contributed by atoms with van der Waals surface area (Å²) in [4.78, 5) is 12.8. The van der Waals surface area contributed by atoms with Gasteiger partial charge in [-0.3, -0.25) is 4.79 Å². The van der Waals surface area contributed by atoms with Gasteiger partial charge in [0.1, 0.15) is 0 Å². The van der Waals surface area contributed by atoms with Gasteiger partial charge in [-0.2, -0.15) is 8.78 Å². The van der Waals surface area contributed by atoms with Crippen LogP contribution in [0.15, 0.2) is 29.6 Å². The van der Waals surface area contributed by atoms with Gasteiger partial charge in [-0.15, -0.1) is 23.1 Å². The lowest BCUT2D eigenvalue weighted by molar-refractivity contribution is -0.113. The van der Waals surface area contributed by atoms with Gasteiger partial charge in [0, 0.05) is 4.88 Å². The predicted molar refractivity (Wildman–Crippen MR) is 86.9 cm³/mol. The lowest BCUT2D eigenvalue weighted by atomic mass is 10.1. The van der Waals surface area contributed by atoms with E-state index in [2.05, 4.69) is 10.1 Å². The number of nitrogens with one attached hydrogen (secondary N) is 1. The van der Waals surface area contributed by atoms with Gasteiger partial charge in [-0.05, 0) is 29.1 Å². The molecule has 1 aliphatic heterocycles. The van der Waals surface area contributed by atoms with Crippen molar-refractivity contribution in [3.8, 4) is 11.5 Å². The van der Waals surface area contributed by atoms with Gasteiger partial charge in [0.25, 0.3) is 0 Å². The van der Waals surface area contributed by atoms with Crippen molar-refractivity contribution in [2.45, 2.75) is 11.9 Å². The number of anilines is 1. The van der Waals surface area contributed by atoms with Crippen molar-refractivity contribution in [2.75, 3.05) is 18.2 Å². The van der Waals surface area contributed by atoms with E-state index in [-0.39, 0.29) is 22.7 Å². The van der Waals surface area contributed by atoms with E-state index in [1.54, 1.807) is 23.5 Å². The van der Waals surface area contributed by atoms with E-state index < -0.39 is 6.61 Å². The molecule has 0 saturated heterocycles. The molecule has 23 heavy (non-hydrogen) atoms. The maximum atomic E-state index is 12.4. The number of hydrogen-bond acceptors (Lipinski definition) is 5. The molecular weight excluding hydrogens is 344 g/mol. The van der Waals surface area contributed by atoms with Crippen LogP contribution < -0.4 is 14.8 Å². The second kappa shape index (κ2) is 6.76. The van der Waals surface area contributed by atoms with Crippen molar-refractivity contribution in [1.82, 2.24) is 0 Å². The zero-order chi connectivity index (χ0) is 16.4. The smallest absolute Gasteiger partial charge is 0.387 e. The minimum Gasteiger partial charge on any atom is -0.493 e. The number of methoxy groups -OCH3 is 1. The van der Waals surface area contributed by atoms with E-state index in [9.17, 15) is 13.6 Å². The van der Waals surface area contributed by atoms with Crippen LogP contribution in [0.5, 0.6) is 11.5 Å². The summed E-state index contributed by atoms with van der Waals surface area (Å²) in [5.41, 5.74) is 1.66. The molecule has 1 aliphatic rings. The van der Waals surface area contributed by atoms with E-state index in [1.807, 2.05) is 11.4 Å². The fourth-order valence-electron chi connectivity index (χ4n) is 2.34. The summed E-state index contributed by atoms with van der Waals surface area (Å²) >= 11 is 3.03. The third-order valence-electron chi connectivity index (χ3n) is 3.29. The van der Waals surface area contributed by atoms with Gasteiger partial charge >= 0.3 is 6.61 Å². The van der Waals surface area contributed by atoms with Gasteiger partial charge in [0.2, 0.25) is 5.91 Å². The van der Waals surface area contributed by atoms with Gasteiger partial charge in [0.05, 0.1) is 23.8 Å². The molecule has 2 aromatic rings. The van der Waals surface area contributed by atoms with Crippen molar-refractivity contribution >= 4 is 34.7 Å². The second-order valence-electron chi connectivity index (χ2n) is 4.73. The van der Waals surface area contributed by atoms with Crippen LogP contribution in [0, 0.1) is 0 Å². The summed E-state index contributed by atoms with van der Waals surface area (Å²) in [6.45, 7) is -2.91. The molecule has 0 fully saturated rings. The number of amides is 1. The molecule has 0 radical (unpaired) electrons. The van der Waals surface area contributed by atoms with E-state index in [4.69, 9.17) is 4.74 Å². The van der Waals surface area contributed by atoms with Crippen molar-refractivity contribution in [1.29, 1.82) is 0 Å². The van der Waals surface area contributed by atoms with Gasteiger partial charge < -0.3 is 14.8 Å². The first-order valence-corrected chi connectivity index (χ1v) is 8.63. The van der Waals surface area contributed by atoms with Gasteiger partial charge in [0.15, 0.2) is 11.5 Å². The van der Waals surface area contributed by atoms with Crippen molar-refractivity contribution in [2.24, 2.45) is 0 Å². The fraction of sp³-hybridized carbons (Fsp3) is 0.267. The Morgan fingerprint density at radius 3 is 2.87 bits per heavy atom. The average Bonchev–Trinajstić information content (AvgIpc) is 2.90. The van der Waals surface area contributed by atoms with Crippen molar-refractivity contribution in [3.05, 3.63) is 40.1 Å². The summed E-state index contributed by atoms with van der Waals surface area (Å²) in [6.07, 6.45) is 0. The highest BCUT2D eigenvalue weighted by molar-refractivity contribution is 8.00. The van der Waals surface area contributed by atoms with Gasteiger partial charge in [-0.25, -0.2) is 0 Å². The number of ether oxygens (including phenoxy) is 2. The number of alkyl halides is 2. The predicted octanol–water partition coefficient (Wildman–Crippen LogP) is 4.13. The molecular formula is C15H13F2NO3S2. The van der Waals surface area contributed by atoms with Crippen molar-refractivity contribution in [3.63, 3.8) is 0 Å². The van der Waals surface area contributed by atoms with E-state index in [1.165, 1.54) is 24.9 Å². The number of rotatable bonds is 4. The highest BCUT2D eigenvalue weighted by Crippen LogP contribution is 2.46. The molecule has 0 unspecified atom stereocenters. The van der Waals surface area contributed by atoms with Crippen LogP contribution in [0.4, 0.5) is 14.5 Å². The van der Waals surface area contributed by atoms with Crippen LogP contribution in [0.3, 0.4) is 0 Å². The summed E-state index contributed by atoms with van der Waals surface area (Å²) in [5.74, 6) is 0.501. The summed E-state index contributed by atoms with van der Waals surface area (Å²) < 4.78 is 34.4. The molecule has 1 aromatic heterocycles. The number of benzene rings is 1. The monoisotopic (exact) mass is 357 g/mol. The lowest BCUT2D eigenvalue weighted by Gasteiger charge is -2.17. The van der Waals surface area contributed by atoms with Crippen LogP contribution in [0.2, 0.25) is 0 Å². The summed E-state index contributed by atoms with van der Waals surface area (Å²) in [5, 5.41) is 4.70. The molecule has 122 valence electrons. The number of hydrogen-bond donors (Lipinski definition) is 1. The number of thiophene rings is 1. The Labute approximate surface area is 139 Å². The maximum Gasteiger partial charge on any atom is 0.387 e. The van der Waals surface area contributed by atoms with E-state index >= 15 is 0 Å². The first kappa shape index (κ1) is 16.1. The molecule has 0 aliphatic carbocycles. The van der Waals surface area contributed by atoms with Gasteiger partial charge in [-0.1, -0.05) is 6.07 Å². The first-order chi connectivity index (χ1) is 11.1.